The molecule has 152 valence electrons. The maximum atomic E-state index is 11.6. The average molecular weight is 386 g/mol. The van der Waals surface area contributed by atoms with Gasteiger partial charge in [-0.1, -0.05) is 6.92 Å². The van der Waals surface area contributed by atoms with Crippen molar-refractivity contribution in [1.29, 1.82) is 0 Å². The fourth-order valence-electron chi connectivity index (χ4n) is 6.32. The fourth-order valence-corrected chi connectivity index (χ4v) is 6.32. The van der Waals surface area contributed by atoms with E-state index in [1.165, 1.54) is 25.0 Å². The molecule has 0 saturated heterocycles. The predicted octanol–water partition coefficient (Wildman–Crippen LogP) is 4.41. The zero-order valence-corrected chi connectivity index (χ0v) is 17.2. The smallest absolute Gasteiger partial charge is 0.308 e. The number of carbonyl (C=O) groups excluding carboxylic acids is 2. The molecule has 2 saturated carbocycles. The van der Waals surface area contributed by atoms with Crippen LogP contribution in [0.2, 0.25) is 0 Å². The van der Waals surface area contributed by atoms with Crippen molar-refractivity contribution in [3.8, 4) is 11.5 Å². The Morgan fingerprint density at radius 1 is 1.04 bits per heavy atom. The summed E-state index contributed by atoms with van der Waals surface area (Å²) in [5, 5.41) is 0. The predicted molar refractivity (Wildman–Crippen MR) is 104 cm³/mol. The first kappa shape index (κ1) is 19.3. The SMILES string of the molecule is COc1cc2c(cc1OC(C)=O)C1CCC3(C)C(OC(C)=O)CCC3C1CC2. The molecule has 0 bridgehead atoms. The van der Waals surface area contributed by atoms with Gasteiger partial charge < -0.3 is 14.2 Å². The van der Waals surface area contributed by atoms with E-state index >= 15 is 0 Å². The molecule has 3 aliphatic carbocycles. The summed E-state index contributed by atoms with van der Waals surface area (Å²) in [5.74, 6) is 2.28. The average Bonchev–Trinajstić information content (AvgIpc) is 2.96. The lowest BCUT2D eigenvalue weighted by atomic mass is 9.55. The van der Waals surface area contributed by atoms with Crippen LogP contribution in [0.5, 0.6) is 11.5 Å². The summed E-state index contributed by atoms with van der Waals surface area (Å²) in [6.45, 7) is 5.26. The number of hydrogen-bond acceptors (Lipinski definition) is 5. The number of aryl methyl sites for hydroxylation is 1. The van der Waals surface area contributed by atoms with Gasteiger partial charge in [-0.25, -0.2) is 0 Å². The van der Waals surface area contributed by atoms with Crippen LogP contribution in [0.3, 0.4) is 0 Å². The van der Waals surface area contributed by atoms with Gasteiger partial charge in [0.2, 0.25) is 0 Å². The summed E-state index contributed by atoms with van der Waals surface area (Å²) in [6.07, 6.45) is 6.44. The summed E-state index contributed by atoms with van der Waals surface area (Å²) in [7, 11) is 1.61. The summed E-state index contributed by atoms with van der Waals surface area (Å²) < 4.78 is 16.6. The lowest BCUT2D eigenvalue weighted by molar-refractivity contribution is -0.154. The van der Waals surface area contributed by atoms with Crippen molar-refractivity contribution in [2.75, 3.05) is 7.11 Å². The monoisotopic (exact) mass is 386 g/mol. The van der Waals surface area contributed by atoms with Crippen LogP contribution < -0.4 is 9.47 Å². The minimum absolute atomic E-state index is 0.0461. The van der Waals surface area contributed by atoms with Gasteiger partial charge in [-0.05, 0) is 79.5 Å². The Kier molecular flexibility index (Phi) is 4.88. The van der Waals surface area contributed by atoms with Crippen LogP contribution in [0.15, 0.2) is 12.1 Å². The van der Waals surface area contributed by atoms with Crippen molar-refractivity contribution in [2.45, 2.75) is 71.3 Å². The number of benzene rings is 1. The minimum Gasteiger partial charge on any atom is -0.493 e. The van der Waals surface area contributed by atoms with Gasteiger partial charge in [0, 0.05) is 19.3 Å². The van der Waals surface area contributed by atoms with Gasteiger partial charge in [-0.2, -0.15) is 0 Å². The Morgan fingerprint density at radius 2 is 1.82 bits per heavy atom. The Hall–Kier alpha value is -2.04. The molecular formula is C23H30O5. The third kappa shape index (κ3) is 3.09. The fraction of sp³-hybridized carbons (Fsp3) is 0.652. The molecule has 2 fully saturated rings. The van der Waals surface area contributed by atoms with Gasteiger partial charge in [0.25, 0.3) is 0 Å². The molecule has 0 radical (unpaired) electrons. The molecule has 3 aliphatic rings. The molecule has 5 atom stereocenters. The molecule has 0 spiro atoms. The molecule has 5 nitrogen and oxygen atoms in total. The highest BCUT2D eigenvalue weighted by molar-refractivity contribution is 5.71. The van der Waals surface area contributed by atoms with Crippen molar-refractivity contribution >= 4 is 11.9 Å². The largest absolute Gasteiger partial charge is 0.493 e. The van der Waals surface area contributed by atoms with Crippen molar-refractivity contribution < 1.29 is 23.8 Å². The number of ether oxygens (including phenoxy) is 3. The molecule has 0 heterocycles. The van der Waals surface area contributed by atoms with E-state index in [9.17, 15) is 9.59 Å². The molecule has 1 aromatic carbocycles. The molecule has 0 amide bonds. The Balaban J connectivity index is 1.65. The van der Waals surface area contributed by atoms with Crippen molar-refractivity contribution in [3.63, 3.8) is 0 Å². The number of esters is 2. The molecule has 5 unspecified atom stereocenters. The third-order valence-electron chi connectivity index (χ3n) is 7.48. The zero-order chi connectivity index (χ0) is 20.1. The van der Waals surface area contributed by atoms with E-state index in [2.05, 4.69) is 6.92 Å². The first-order valence-electron chi connectivity index (χ1n) is 10.4. The first-order valence-corrected chi connectivity index (χ1v) is 10.4. The molecule has 28 heavy (non-hydrogen) atoms. The van der Waals surface area contributed by atoms with Crippen LogP contribution in [0.1, 0.15) is 69.9 Å². The van der Waals surface area contributed by atoms with Gasteiger partial charge in [0.1, 0.15) is 6.10 Å². The van der Waals surface area contributed by atoms with Gasteiger partial charge in [0.05, 0.1) is 7.11 Å². The molecular weight excluding hydrogens is 356 g/mol. The Bertz CT molecular complexity index is 800. The van der Waals surface area contributed by atoms with Crippen LogP contribution >= 0.6 is 0 Å². The maximum Gasteiger partial charge on any atom is 0.308 e. The zero-order valence-electron chi connectivity index (χ0n) is 17.2. The summed E-state index contributed by atoms with van der Waals surface area (Å²) in [5.41, 5.74) is 2.70. The van der Waals surface area contributed by atoms with Crippen LogP contribution in [0, 0.1) is 17.3 Å². The number of rotatable bonds is 3. The van der Waals surface area contributed by atoms with Crippen LogP contribution in [-0.4, -0.2) is 25.2 Å². The molecule has 4 rings (SSSR count). The number of hydrogen-bond donors (Lipinski definition) is 0. The van der Waals surface area contributed by atoms with Gasteiger partial charge in [0.15, 0.2) is 11.5 Å². The van der Waals surface area contributed by atoms with E-state index < -0.39 is 0 Å². The van der Waals surface area contributed by atoms with Crippen LogP contribution in [0.25, 0.3) is 0 Å². The lowest BCUT2D eigenvalue weighted by Crippen LogP contribution is -2.45. The summed E-state index contributed by atoms with van der Waals surface area (Å²) >= 11 is 0. The highest BCUT2D eigenvalue weighted by atomic mass is 16.6. The number of methoxy groups -OCH3 is 1. The van der Waals surface area contributed by atoms with Crippen molar-refractivity contribution in [1.82, 2.24) is 0 Å². The quantitative estimate of drug-likeness (QED) is 0.569. The van der Waals surface area contributed by atoms with E-state index in [4.69, 9.17) is 14.2 Å². The second-order valence-corrected chi connectivity index (χ2v) is 8.93. The lowest BCUT2D eigenvalue weighted by Gasteiger charge is -2.50. The van der Waals surface area contributed by atoms with Crippen molar-refractivity contribution in [2.24, 2.45) is 17.3 Å². The molecule has 5 heteroatoms. The highest BCUT2D eigenvalue weighted by Crippen LogP contribution is 2.62. The second kappa shape index (κ2) is 7.09. The Morgan fingerprint density at radius 3 is 2.50 bits per heavy atom. The molecule has 0 N–H and O–H groups in total. The van der Waals surface area contributed by atoms with E-state index in [-0.39, 0.29) is 23.5 Å². The molecule has 0 aromatic heterocycles. The van der Waals surface area contributed by atoms with Gasteiger partial charge >= 0.3 is 11.9 Å². The summed E-state index contributed by atoms with van der Waals surface area (Å²) in [4.78, 5) is 23.1. The van der Waals surface area contributed by atoms with Gasteiger partial charge in [-0.15, -0.1) is 0 Å². The van der Waals surface area contributed by atoms with Crippen LogP contribution in [-0.2, 0) is 20.7 Å². The van der Waals surface area contributed by atoms with E-state index in [1.54, 1.807) is 7.11 Å². The topological polar surface area (TPSA) is 61.8 Å². The standard InChI is InChI=1S/C23H30O5/c1-13(24)27-21-12-18-15(11-20(21)26-4)5-6-17-16(18)9-10-23(3)19(17)7-8-22(23)28-14(2)25/h11-12,16-17,19,22H,5-10H2,1-4H3. The van der Waals surface area contributed by atoms with E-state index in [1.807, 2.05) is 12.1 Å². The number of fused-ring (bicyclic) bond motifs is 5. The van der Waals surface area contributed by atoms with Crippen LogP contribution in [0.4, 0.5) is 0 Å². The minimum atomic E-state index is -0.332. The maximum absolute atomic E-state index is 11.6. The number of carbonyl (C=O) groups is 2. The highest BCUT2D eigenvalue weighted by Gasteiger charge is 2.56. The van der Waals surface area contributed by atoms with Gasteiger partial charge in [-0.3, -0.25) is 9.59 Å². The van der Waals surface area contributed by atoms with Crippen molar-refractivity contribution in [3.05, 3.63) is 23.3 Å². The molecule has 0 aliphatic heterocycles. The summed E-state index contributed by atoms with van der Waals surface area (Å²) in [6, 6.07) is 4.08. The Labute approximate surface area is 166 Å². The third-order valence-corrected chi connectivity index (χ3v) is 7.48. The second-order valence-electron chi connectivity index (χ2n) is 8.93. The normalized spacial score (nSPS) is 33.3. The van der Waals surface area contributed by atoms with E-state index in [0.29, 0.717) is 29.3 Å². The van der Waals surface area contributed by atoms with E-state index in [0.717, 1.165) is 38.5 Å². The first-order chi connectivity index (χ1) is 13.3. The molecule has 1 aromatic rings.